The molecule has 2 aliphatic rings. The minimum absolute atomic E-state index is 0.485. The van der Waals surface area contributed by atoms with Crippen molar-refractivity contribution >= 4 is 0 Å². The molecule has 2 fully saturated rings. The molecule has 3 nitrogen and oxygen atoms in total. The molecule has 152 valence electrons. The molecule has 3 rings (SSSR count). The Morgan fingerprint density at radius 3 is 2.15 bits per heavy atom. The smallest absolute Gasteiger partial charge is 0.131 e. The molecule has 2 saturated carbocycles. The average molecular weight is 373 g/mol. The van der Waals surface area contributed by atoms with Crippen molar-refractivity contribution in [2.24, 2.45) is 0 Å². The van der Waals surface area contributed by atoms with E-state index in [-0.39, 0.29) is 0 Å². The first-order valence-corrected chi connectivity index (χ1v) is 11.8. The third-order valence-electron chi connectivity index (χ3n) is 6.66. The molecule has 27 heavy (non-hydrogen) atoms. The monoisotopic (exact) mass is 372 g/mol. The van der Waals surface area contributed by atoms with Crippen molar-refractivity contribution in [2.75, 3.05) is 6.61 Å². The van der Waals surface area contributed by atoms with E-state index in [0.717, 1.165) is 12.4 Å². The third-order valence-corrected chi connectivity index (χ3v) is 6.66. The first kappa shape index (κ1) is 20.8. The zero-order valence-corrected chi connectivity index (χ0v) is 17.5. The highest BCUT2D eigenvalue weighted by atomic mass is 16.5. The second-order valence-corrected chi connectivity index (χ2v) is 8.82. The Morgan fingerprint density at radius 2 is 1.44 bits per heavy atom. The van der Waals surface area contributed by atoms with Crippen molar-refractivity contribution in [1.29, 1.82) is 0 Å². The molecule has 1 aromatic heterocycles. The van der Waals surface area contributed by atoms with Gasteiger partial charge in [0.25, 0.3) is 0 Å². The predicted octanol–water partition coefficient (Wildman–Crippen LogP) is 6.93. The Bertz CT molecular complexity index is 502. The fraction of sp³-hybridized carbons (Fsp3) is 0.833. The summed E-state index contributed by atoms with van der Waals surface area (Å²) in [6.45, 7) is 3.23. The van der Waals surface area contributed by atoms with Crippen molar-refractivity contribution < 1.29 is 4.74 Å². The maximum Gasteiger partial charge on any atom is 0.131 e. The van der Waals surface area contributed by atoms with Gasteiger partial charge in [-0.1, -0.05) is 58.3 Å². The van der Waals surface area contributed by atoms with Crippen molar-refractivity contribution in [3.05, 3.63) is 23.8 Å². The number of nitrogens with zero attached hydrogens (tertiary/aromatic N) is 2. The molecule has 3 heteroatoms. The second-order valence-electron chi connectivity index (χ2n) is 8.82. The van der Waals surface area contributed by atoms with Crippen molar-refractivity contribution in [2.45, 2.75) is 121 Å². The summed E-state index contributed by atoms with van der Waals surface area (Å²) in [4.78, 5) is 9.49. The summed E-state index contributed by atoms with van der Waals surface area (Å²) in [5.74, 6) is 2.34. The quantitative estimate of drug-likeness (QED) is 0.418. The van der Waals surface area contributed by atoms with E-state index in [4.69, 9.17) is 14.7 Å². The summed E-state index contributed by atoms with van der Waals surface area (Å²) < 4.78 is 6.14. The number of aromatic nitrogens is 2. The van der Waals surface area contributed by atoms with Gasteiger partial charge in [-0.3, -0.25) is 0 Å². The van der Waals surface area contributed by atoms with Gasteiger partial charge in [0.15, 0.2) is 0 Å². The Balaban J connectivity index is 1.33. The fourth-order valence-corrected chi connectivity index (χ4v) is 4.83. The lowest BCUT2D eigenvalue weighted by Gasteiger charge is -2.29. The lowest BCUT2D eigenvalue weighted by atomic mass is 9.83. The van der Waals surface area contributed by atoms with Crippen LogP contribution in [0.15, 0.2) is 12.4 Å². The van der Waals surface area contributed by atoms with Gasteiger partial charge >= 0.3 is 0 Å². The average Bonchev–Trinajstić information content (AvgIpc) is 2.74. The minimum atomic E-state index is 0.485. The second kappa shape index (κ2) is 11.8. The third kappa shape index (κ3) is 6.85. The van der Waals surface area contributed by atoms with Crippen LogP contribution in [-0.2, 0) is 4.74 Å². The van der Waals surface area contributed by atoms with Crippen LogP contribution >= 0.6 is 0 Å². The van der Waals surface area contributed by atoms with Crippen LogP contribution in [-0.4, -0.2) is 22.7 Å². The molecule has 2 aliphatic carbocycles. The van der Waals surface area contributed by atoms with E-state index in [1.54, 1.807) is 0 Å². The number of hydrogen-bond donors (Lipinski definition) is 0. The predicted molar refractivity (Wildman–Crippen MR) is 112 cm³/mol. The van der Waals surface area contributed by atoms with Crippen LogP contribution in [0.3, 0.4) is 0 Å². The maximum atomic E-state index is 6.14. The van der Waals surface area contributed by atoms with Crippen molar-refractivity contribution in [1.82, 2.24) is 9.97 Å². The summed E-state index contributed by atoms with van der Waals surface area (Å²) >= 11 is 0. The molecule has 0 spiro atoms. The molecule has 0 aromatic carbocycles. The van der Waals surface area contributed by atoms with Gasteiger partial charge in [-0.15, -0.1) is 0 Å². The molecule has 0 bridgehead atoms. The Morgan fingerprint density at radius 1 is 0.778 bits per heavy atom. The highest BCUT2D eigenvalue weighted by molar-refractivity contribution is 5.14. The molecule has 0 aliphatic heterocycles. The Hall–Kier alpha value is -0.960. The van der Waals surface area contributed by atoms with E-state index < -0.39 is 0 Å². The number of unbranched alkanes of at least 4 members (excludes halogenated alkanes) is 5. The van der Waals surface area contributed by atoms with Crippen LogP contribution in [0.25, 0.3) is 0 Å². The minimum Gasteiger partial charge on any atom is -0.378 e. The SMILES string of the molecule is CCCCCCCCOC1CCC(c2cnc(C3CCCCC3)nc2)CC1. The van der Waals surface area contributed by atoms with E-state index in [1.807, 2.05) is 0 Å². The molecular weight excluding hydrogens is 332 g/mol. The van der Waals surface area contributed by atoms with Gasteiger partial charge in [0, 0.05) is 24.9 Å². The lowest BCUT2D eigenvalue weighted by molar-refractivity contribution is 0.0225. The maximum absolute atomic E-state index is 6.14. The largest absolute Gasteiger partial charge is 0.378 e. The lowest BCUT2D eigenvalue weighted by Crippen LogP contribution is -2.21. The summed E-state index contributed by atoms with van der Waals surface area (Å²) in [5, 5.41) is 0. The Kier molecular flexibility index (Phi) is 9.06. The molecule has 0 radical (unpaired) electrons. The first-order chi connectivity index (χ1) is 13.4. The van der Waals surface area contributed by atoms with Gasteiger partial charge in [0.05, 0.1) is 6.10 Å². The number of rotatable bonds is 10. The Labute approximate surface area is 166 Å². The topological polar surface area (TPSA) is 35.0 Å². The summed E-state index contributed by atoms with van der Waals surface area (Å²) in [6, 6.07) is 0. The molecule has 0 N–H and O–H groups in total. The number of ether oxygens (including phenoxy) is 1. The van der Waals surface area contributed by atoms with Gasteiger partial charge in [-0.05, 0) is 56.4 Å². The molecular formula is C24H40N2O. The van der Waals surface area contributed by atoms with Crippen LogP contribution in [0, 0.1) is 0 Å². The molecule has 0 amide bonds. The van der Waals surface area contributed by atoms with Gasteiger partial charge in [-0.25, -0.2) is 9.97 Å². The standard InChI is InChI=1S/C24H40N2O/c1-2-3-4-5-6-10-17-27-23-15-13-20(14-16-23)22-18-25-24(26-19-22)21-11-8-7-9-12-21/h18-21,23H,2-17H2,1H3. The van der Waals surface area contributed by atoms with E-state index in [1.165, 1.54) is 102 Å². The van der Waals surface area contributed by atoms with Crippen molar-refractivity contribution in [3.63, 3.8) is 0 Å². The van der Waals surface area contributed by atoms with E-state index in [0.29, 0.717) is 17.9 Å². The molecule has 1 aromatic rings. The van der Waals surface area contributed by atoms with Gasteiger partial charge in [0.2, 0.25) is 0 Å². The van der Waals surface area contributed by atoms with E-state index in [2.05, 4.69) is 19.3 Å². The van der Waals surface area contributed by atoms with Crippen LogP contribution in [0.4, 0.5) is 0 Å². The van der Waals surface area contributed by atoms with E-state index >= 15 is 0 Å². The van der Waals surface area contributed by atoms with Crippen LogP contribution in [0.5, 0.6) is 0 Å². The zero-order valence-electron chi connectivity index (χ0n) is 17.5. The summed E-state index contributed by atoms with van der Waals surface area (Å²) in [7, 11) is 0. The van der Waals surface area contributed by atoms with Crippen LogP contribution in [0.1, 0.15) is 126 Å². The van der Waals surface area contributed by atoms with E-state index in [9.17, 15) is 0 Å². The summed E-state index contributed by atoms with van der Waals surface area (Å²) in [6.07, 6.45) is 24.3. The zero-order chi connectivity index (χ0) is 18.7. The molecule has 0 atom stereocenters. The fourth-order valence-electron chi connectivity index (χ4n) is 4.83. The highest BCUT2D eigenvalue weighted by Gasteiger charge is 2.24. The molecule has 1 heterocycles. The molecule has 0 unspecified atom stereocenters. The van der Waals surface area contributed by atoms with Crippen molar-refractivity contribution in [3.8, 4) is 0 Å². The normalized spacial score (nSPS) is 24.2. The van der Waals surface area contributed by atoms with Crippen LogP contribution in [0.2, 0.25) is 0 Å². The number of hydrogen-bond acceptors (Lipinski definition) is 3. The van der Waals surface area contributed by atoms with Crippen LogP contribution < -0.4 is 0 Å². The highest BCUT2D eigenvalue weighted by Crippen LogP contribution is 2.35. The van der Waals surface area contributed by atoms with Gasteiger partial charge in [0.1, 0.15) is 5.82 Å². The first-order valence-electron chi connectivity index (χ1n) is 11.8. The summed E-state index contributed by atoms with van der Waals surface area (Å²) in [5.41, 5.74) is 1.35. The molecule has 0 saturated heterocycles. The van der Waals surface area contributed by atoms with Gasteiger partial charge < -0.3 is 4.74 Å². The van der Waals surface area contributed by atoms with Gasteiger partial charge in [-0.2, -0.15) is 0 Å².